The molecule has 0 bridgehead atoms. The van der Waals surface area contributed by atoms with E-state index in [4.69, 9.17) is 4.99 Å². The fourth-order valence-electron chi connectivity index (χ4n) is 2.75. The van der Waals surface area contributed by atoms with Gasteiger partial charge in [-0.2, -0.15) is 5.10 Å². The van der Waals surface area contributed by atoms with Gasteiger partial charge in [0.25, 0.3) is 0 Å². The standard InChI is InChI=1S/C20H27N7S/c1-3-18-12-24-19(28-18)8-9-23-20(22-4-2)25-11-16-6-5-7-17(10-16)13-27-15-21-14-26-27/h5-7,10,12,14-15H,3-4,8-9,11,13H2,1-2H3,(H2,22,23,25). The van der Waals surface area contributed by atoms with Gasteiger partial charge < -0.3 is 10.6 Å². The predicted molar refractivity (Wildman–Crippen MR) is 114 cm³/mol. The highest BCUT2D eigenvalue weighted by atomic mass is 32.1. The van der Waals surface area contributed by atoms with Crippen molar-refractivity contribution in [1.82, 2.24) is 30.4 Å². The highest BCUT2D eigenvalue weighted by Crippen LogP contribution is 2.13. The van der Waals surface area contributed by atoms with Crippen LogP contribution in [0.25, 0.3) is 0 Å². The number of aromatic nitrogens is 4. The zero-order valence-electron chi connectivity index (χ0n) is 16.4. The molecule has 0 amide bonds. The Hall–Kier alpha value is -2.74. The van der Waals surface area contributed by atoms with Crippen molar-refractivity contribution in [2.24, 2.45) is 4.99 Å². The Morgan fingerprint density at radius 2 is 2.11 bits per heavy atom. The molecular formula is C20H27N7S. The fraction of sp³-hybridized carbons (Fsp3) is 0.400. The molecule has 0 aliphatic carbocycles. The molecule has 0 aliphatic rings. The van der Waals surface area contributed by atoms with Crippen molar-refractivity contribution < 1.29 is 0 Å². The molecule has 2 aromatic heterocycles. The molecule has 0 fully saturated rings. The summed E-state index contributed by atoms with van der Waals surface area (Å²) < 4.78 is 1.82. The molecular weight excluding hydrogens is 370 g/mol. The molecule has 0 saturated carbocycles. The van der Waals surface area contributed by atoms with Crippen LogP contribution in [0.15, 0.2) is 48.1 Å². The second kappa shape index (κ2) is 10.6. The third-order valence-electron chi connectivity index (χ3n) is 4.15. The first-order chi connectivity index (χ1) is 13.8. The Labute approximate surface area is 170 Å². The van der Waals surface area contributed by atoms with E-state index in [1.165, 1.54) is 21.0 Å². The van der Waals surface area contributed by atoms with Crippen molar-refractivity contribution >= 4 is 17.3 Å². The van der Waals surface area contributed by atoms with E-state index in [0.29, 0.717) is 13.1 Å². The first-order valence-corrected chi connectivity index (χ1v) is 10.4. The second-order valence-corrected chi connectivity index (χ2v) is 7.56. The number of nitrogens with one attached hydrogen (secondary N) is 2. The second-order valence-electron chi connectivity index (χ2n) is 6.36. The van der Waals surface area contributed by atoms with Crippen molar-refractivity contribution in [1.29, 1.82) is 0 Å². The molecule has 0 radical (unpaired) electrons. The molecule has 28 heavy (non-hydrogen) atoms. The SMILES string of the molecule is CCNC(=NCc1cccc(Cn2cncn2)c1)NCCc1ncc(CC)s1. The number of aryl methyl sites for hydroxylation is 1. The van der Waals surface area contributed by atoms with Crippen LogP contribution in [-0.2, 0) is 25.9 Å². The third-order valence-corrected chi connectivity index (χ3v) is 5.35. The number of benzene rings is 1. The van der Waals surface area contributed by atoms with Crippen molar-refractivity contribution in [3.63, 3.8) is 0 Å². The van der Waals surface area contributed by atoms with E-state index < -0.39 is 0 Å². The minimum Gasteiger partial charge on any atom is -0.357 e. The van der Waals surface area contributed by atoms with Crippen LogP contribution in [0, 0.1) is 0 Å². The van der Waals surface area contributed by atoms with Crippen LogP contribution in [-0.4, -0.2) is 38.8 Å². The van der Waals surface area contributed by atoms with Crippen molar-refractivity contribution in [2.45, 2.75) is 39.8 Å². The Bertz CT molecular complexity index is 870. The van der Waals surface area contributed by atoms with Gasteiger partial charge in [0, 0.05) is 30.6 Å². The Morgan fingerprint density at radius 1 is 1.21 bits per heavy atom. The first kappa shape index (κ1) is 20.0. The molecule has 0 atom stereocenters. The van der Waals surface area contributed by atoms with Crippen LogP contribution in [0.2, 0.25) is 0 Å². The van der Waals surface area contributed by atoms with Gasteiger partial charge in [0.05, 0.1) is 18.1 Å². The van der Waals surface area contributed by atoms with Crippen LogP contribution in [0.1, 0.15) is 34.9 Å². The van der Waals surface area contributed by atoms with Crippen molar-refractivity contribution in [3.05, 3.63) is 64.1 Å². The summed E-state index contributed by atoms with van der Waals surface area (Å²) in [4.78, 5) is 14.5. The van der Waals surface area contributed by atoms with Gasteiger partial charge in [0.15, 0.2) is 5.96 Å². The lowest BCUT2D eigenvalue weighted by Gasteiger charge is -2.11. The smallest absolute Gasteiger partial charge is 0.191 e. The highest BCUT2D eigenvalue weighted by Gasteiger charge is 2.03. The topological polar surface area (TPSA) is 80.0 Å². The molecule has 2 N–H and O–H groups in total. The minimum absolute atomic E-state index is 0.623. The van der Waals surface area contributed by atoms with Crippen LogP contribution >= 0.6 is 11.3 Å². The molecule has 2 heterocycles. The van der Waals surface area contributed by atoms with Crippen LogP contribution in [0.4, 0.5) is 0 Å². The van der Waals surface area contributed by atoms with E-state index in [9.17, 15) is 0 Å². The lowest BCUT2D eigenvalue weighted by atomic mass is 10.1. The summed E-state index contributed by atoms with van der Waals surface area (Å²) in [7, 11) is 0. The van der Waals surface area contributed by atoms with E-state index in [2.05, 4.69) is 63.8 Å². The van der Waals surface area contributed by atoms with E-state index >= 15 is 0 Å². The van der Waals surface area contributed by atoms with Gasteiger partial charge >= 0.3 is 0 Å². The molecule has 0 unspecified atom stereocenters. The van der Waals surface area contributed by atoms with Gasteiger partial charge in [0.2, 0.25) is 0 Å². The molecule has 8 heteroatoms. The molecule has 3 rings (SSSR count). The number of hydrogen-bond donors (Lipinski definition) is 2. The summed E-state index contributed by atoms with van der Waals surface area (Å²) in [5, 5.41) is 12.0. The van der Waals surface area contributed by atoms with Crippen LogP contribution in [0.5, 0.6) is 0 Å². The zero-order valence-corrected chi connectivity index (χ0v) is 17.2. The number of hydrogen-bond acceptors (Lipinski definition) is 5. The molecule has 0 aliphatic heterocycles. The summed E-state index contributed by atoms with van der Waals surface area (Å²) in [6.45, 7) is 7.21. The third kappa shape index (κ3) is 6.16. The number of nitrogens with zero attached hydrogens (tertiary/aromatic N) is 5. The Morgan fingerprint density at radius 3 is 2.86 bits per heavy atom. The summed E-state index contributed by atoms with van der Waals surface area (Å²) in [6, 6.07) is 8.42. The quantitative estimate of drug-likeness (QED) is 0.429. The molecule has 1 aromatic carbocycles. The first-order valence-electron chi connectivity index (χ1n) is 9.62. The van der Waals surface area contributed by atoms with Gasteiger partial charge in [-0.3, -0.25) is 0 Å². The van der Waals surface area contributed by atoms with Crippen molar-refractivity contribution in [2.75, 3.05) is 13.1 Å². The molecule has 0 saturated heterocycles. The van der Waals surface area contributed by atoms with Gasteiger partial charge in [-0.25, -0.2) is 19.6 Å². The highest BCUT2D eigenvalue weighted by molar-refractivity contribution is 7.11. The largest absolute Gasteiger partial charge is 0.357 e. The summed E-state index contributed by atoms with van der Waals surface area (Å²) in [5.41, 5.74) is 2.36. The van der Waals surface area contributed by atoms with Gasteiger partial charge in [0.1, 0.15) is 12.7 Å². The molecule has 3 aromatic rings. The number of aliphatic imine (C=N–C) groups is 1. The molecule has 148 valence electrons. The van der Waals surface area contributed by atoms with Crippen molar-refractivity contribution in [3.8, 4) is 0 Å². The summed E-state index contributed by atoms with van der Waals surface area (Å²) >= 11 is 1.79. The fourth-order valence-corrected chi connectivity index (χ4v) is 3.62. The van der Waals surface area contributed by atoms with E-state index in [-0.39, 0.29) is 0 Å². The molecule has 7 nitrogen and oxygen atoms in total. The monoisotopic (exact) mass is 397 g/mol. The molecule has 0 spiro atoms. The maximum atomic E-state index is 4.72. The number of thiazole rings is 1. The van der Waals surface area contributed by atoms with Crippen LogP contribution < -0.4 is 10.6 Å². The minimum atomic E-state index is 0.623. The van der Waals surface area contributed by atoms with E-state index in [1.807, 2.05) is 10.9 Å². The Balaban J connectivity index is 1.54. The predicted octanol–water partition coefficient (Wildman–Crippen LogP) is 2.64. The normalized spacial score (nSPS) is 11.6. The van der Waals surface area contributed by atoms with Gasteiger partial charge in [-0.15, -0.1) is 11.3 Å². The van der Waals surface area contributed by atoms with Gasteiger partial charge in [-0.05, 0) is 24.5 Å². The average molecular weight is 398 g/mol. The number of guanidine groups is 1. The Kier molecular flexibility index (Phi) is 7.54. The number of rotatable bonds is 9. The summed E-state index contributed by atoms with van der Waals surface area (Å²) in [6.07, 6.45) is 7.21. The van der Waals surface area contributed by atoms with Gasteiger partial charge in [-0.1, -0.05) is 31.2 Å². The lowest BCUT2D eigenvalue weighted by molar-refractivity contribution is 0.684. The maximum absolute atomic E-state index is 4.72. The zero-order chi connectivity index (χ0) is 19.6. The van der Waals surface area contributed by atoms with Crippen LogP contribution in [0.3, 0.4) is 0 Å². The maximum Gasteiger partial charge on any atom is 0.191 e. The van der Waals surface area contributed by atoms with E-state index in [1.54, 1.807) is 24.0 Å². The summed E-state index contributed by atoms with van der Waals surface area (Å²) in [5.74, 6) is 0.830. The average Bonchev–Trinajstić information content (AvgIpc) is 3.38. The lowest BCUT2D eigenvalue weighted by Crippen LogP contribution is -2.38. The van der Waals surface area contributed by atoms with E-state index in [0.717, 1.165) is 31.9 Å².